The number of ether oxygens (including phenoxy) is 1. The molecule has 0 atom stereocenters. The minimum Gasteiger partial charge on any atom is -0.423 e. The molecule has 0 radical (unpaired) electrons. The van der Waals surface area contributed by atoms with E-state index in [9.17, 15) is 22.8 Å². The van der Waals surface area contributed by atoms with Crippen molar-refractivity contribution in [1.29, 1.82) is 0 Å². The largest absolute Gasteiger partial charge is 0.423 e. The lowest BCUT2D eigenvalue weighted by molar-refractivity contribution is -0.176. The minimum atomic E-state index is -4.37. The molecule has 8 heteroatoms. The second-order valence-electron chi connectivity index (χ2n) is 5.77. The molecule has 27 heavy (non-hydrogen) atoms. The Bertz CT molecular complexity index is 1010. The van der Waals surface area contributed by atoms with E-state index >= 15 is 0 Å². The van der Waals surface area contributed by atoms with Crippen LogP contribution in [0.25, 0.3) is 11.0 Å². The summed E-state index contributed by atoms with van der Waals surface area (Å²) in [7, 11) is 0. The molecule has 0 aliphatic carbocycles. The molecule has 1 N–H and O–H groups in total. The van der Waals surface area contributed by atoms with Crippen molar-refractivity contribution in [2.75, 3.05) is 11.9 Å². The number of rotatable bonds is 5. The highest BCUT2D eigenvalue weighted by molar-refractivity contribution is 6.05. The van der Waals surface area contributed by atoms with Gasteiger partial charge in [0.15, 0.2) is 0 Å². The first-order valence-corrected chi connectivity index (χ1v) is 7.89. The minimum absolute atomic E-state index is 0.197. The summed E-state index contributed by atoms with van der Waals surface area (Å²) in [4.78, 5) is 23.5. The van der Waals surface area contributed by atoms with Gasteiger partial charge in [-0.15, -0.1) is 0 Å². The number of halogens is 3. The van der Waals surface area contributed by atoms with E-state index in [1.807, 2.05) is 0 Å². The molecule has 1 amide bonds. The first kappa shape index (κ1) is 18.7. The number of carbonyl (C=O) groups excluding carboxylic acids is 1. The molecule has 1 heterocycles. The van der Waals surface area contributed by atoms with Crippen LogP contribution in [0, 0.1) is 0 Å². The third-order valence-corrected chi connectivity index (χ3v) is 3.63. The summed E-state index contributed by atoms with van der Waals surface area (Å²) in [5, 5.41) is 3.37. The molecule has 0 aliphatic heterocycles. The van der Waals surface area contributed by atoms with Crippen LogP contribution in [0.15, 0.2) is 63.8 Å². The van der Waals surface area contributed by atoms with Gasteiger partial charge in [-0.1, -0.05) is 12.1 Å². The third-order valence-electron chi connectivity index (χ3n) is 3.63. The molecule has 3 aromatic rings. The smallest absolute Gasteiger partial charge is 0.411 e. The van der Waals surface area contributed by atoms with Crippen molar-refractivity contribution in [1.82, 2.24) is 0 Å². The van der Waals surface area contributed by atoms with Crippen LogP contribution in [0.5, 0.6) is 0 Å². The SMILES string of the molecule is O=C(Nc1ccc2oc(=O)ccc2c1)c1ccc(COCC(F)(F)F)cc1. The quantitative estimate of drug-likeness (QED) is 0.679. The van der Waals surface area contributed by atoms with Gasteiger partial charge >= 0.3 is 11.8 Å². The summed E-state index contributed by atoms with van der Waals surface area (Å²) in [6.45, 7) is -1.52. The summed E-state index contributed by atoms with van der Waals surface area (Å²) < 4.78 is 45.8. The van der Waals surface area contributed by atoms with Crippen LogP contribution in [0.3, 0.4) is 0 Å². The molecule has 0 saturated heterocycles. The second-order valence-corrected chi connectivity index (χ2v) is 5.77. The number of amides is 1. The van der Waals surface area contributed by atoms with Crippen LogP contribution < -0.4 is 10.9 Å². The Morgan fingerprint density at radius 1 is 1.04 bits per heavy atom. The van der Waals surface area contributed by atoms with E-state index in [4.69, 9.17) is 4.42 Å². The van der Waals surface area contributed by atoms with Gasteiger partial charge in [-0.25, -0.2) is 4.79 Å². The monoisotopic (exact) mass is 377 g/mol. The Morgan fingerprint density at radius 2 is 1.78 bits per heavy atom. The Morgan fingerprint density at radius 3 is 2.48 bits per heavy atom. The predicted octanol–water partition coefficient (Wildman–Crippen LogP) is 4.12. The Balaban J connectivity index is 1.64. The molecule has 140 valence electrons. The highest BCUT2D eigenvalue weighted by Crippen LogP contribution is 2.19. The fraction of sp³-hybridized carbons (Fsp3) is 0.158. The third kappa shape index (κ3) is 5.18. The van der Waals surface area contributed by atoms with Crippen molar-refractivity contribution >= 4 is 22.6 Å². The highest BCUT2D eigenvalue weighted by Gasteiger charge is 2.27. The lowest BCUT2D eigenvalue weighted by atomic mass is 10.1. The average molecular weight is 377 g/mol. The Labute approximate surface area is 151 Å². The van der Waals surface area contributed by atoms with Gasteiger partial charge in [0.1, 0.15) is 12.2 Å². The summed E-state index contributed by atoms with van der Waals surface area (Å²) >= 11 is 0. The van der Waals surface area contributed by atoms with Gasteiger partial charge in [-0.2, -0.15) is 13.2 Å². The van der Waals surface area contributed by atoms with E-state index in [1.165, 1.54) is 30.3 Å². The molecule has 0 saturated carbocycles. The van der Waals surface area contributed by atoms with Gasteiger partial charge in [0.2, 0.25) is 0 Å². The zero-order valence-corrected chi connectivity index (χ0v) is 13.9. The topological polar surface area (TPSA) is 68.5 Å². The first-order valence-electron chi connectivity index (χ1n) is 7.89. The number of anilines is 1. The number of carbonyl (C=O) groups is 1. The second kappa shape index (κ2) is 7.63. The lowest BCUT2D eigenvalue weighted by Gasteiger charge is -2.09. The molecule has 0 fully saturated rings. The van der Waals surface area contributed by atoms with Gasteiger partial charge in [0, 0.05) is 22.7 Å². The standard InChI is InChI=1S/C19H14F3NO4/c20-19(21,22)11-26-10-12-1-3-13(4-2-12)18(25)23-15-6-7-16-14(9-15)5-8-17(24)27-16/h1-9H,10-11H2,(H,23,25). The van der Waals surface area contributed by atoms with Crippen LogP contribution in [-0.4, -0.2) is 18.7 Å². The summed E-state index contributed by atoms with van der Waals surface area (Å²) in [5.74, 6) is -0.380. The molecule has 0 spiro atoms. The van der Waals surface area contributed by atoms with Gasteiger partial charge in [-0.05, 0) is 42.0 Å². The van der Waals surface area contributed by atoms with Gasteiger partial charge in [-0.3, -0.25) is 4.79 Å². The molecule has 0 bridgehead atoms. The van der Waals surface area contributed by atoms with Gasteiger partial charge < -0.3 is 14.5 Å². The molecule has 5 nitrogen and oxygen atoms in total. The van der Waals surface area contributed by atoms with Crippen molar-refractivity contribution < 1.29 is 27.1 Å². The number of fused-ring (bicyclic) bond motifs is 1. The zero-order chi connectivity index (χ0) is 19.4. The molecule has 0 aliphatic rings. The van der Waals surface area contributed by atoms with Crippen molar-refractivity contribution in [3.05, 3.63) is 76.1 Å². The zero-order valence-electron chi connectivity index (χ0n) is 13.9. The predicted molar refractivity (Wildman–Crippen MR) is 92.6 cm³/mol. The van der Waals surface area contributed by atoms with E-state index in [2.05, 4.69) is 10.1 Å². The summed E-state index contributed by atoms with van der Waals surface area (Å²) in [5.41, 5.74) is 1.33. The number of alkyl halides is 3. The van der Waals surface area contributed by atoms with E-state index in [0.717, 1.165) is 0 Å². The normalized spacial score (nSPS) is 11.5. The van der Waals surface area contributed by atoms with Gasteiger partial charge in [0.25, 0.3) is 5.91 Å². The molecule has 2 aromatic carbocycles. The molecule has 0 unspecified atom stereocenters. The molecule has 3 rings (SSSR count). The van der Waals surface area contributed by atoms with Crippen LogP contribution in [0.2, 0.25) is 0 Å². The average Bonchev–Trinajstić information content (AvgIpc) is 2.61. The summed E-state index contributed by atoms with van der Waals surface area (Å²) in [6, 6.07) is 13.8. The first-order chi connectivity index (χ1) is 12.8. The maximum absolute atomic E-state index is 12.3. The number of benzene rings is 2. The van der Waals surface area contributed by atoms with E-state index in [1.54, 1.807) is 24.3 Å². The number of hydrogen-bond donors (Lipinski definition) is 1. The maximum Gasteiger partial charge on any atom is 0.411 e. The summed E-state index contributed by atoms with van der Waals surface area (Å²) in [6.07, 6.45) is -4.37. The highest BCUT2D eigenvalue weighted by atomic mass is 19.4. The van der Waals surface area contributed by atoms with Crippen molar-refractivity contribution in [3.63, 3.8) is 0 Å². The van der Waals surface area contributed by atoms with Crippen LogP contribution >= 0.6 is 0 Å². The van der Waals surface area contributed by atoms with Gasteiger partial charge in [0.05, 0.1) is 6.61 Å². The van der Waals surface area contributed by atoms with Crippen LogP contribution in [-0.2, 0) is 11.3 Å². The fourth-order valence-corrected chi connectivity index (χ4v) is 2.39. The molecular formula is C19H14F3NO4. The van der Waals surface area contributed by atoms with Crippen molar-refractivity contribution in [3.8, 4) is 0 Å². The van der Waals surface area contributed by atoms with Crippen molar-refractivity contribution in [2.45, 2.75) is 12.8 Å². The fourth-order valence-electron chi connectivity index (χ4n) is 2.39. The Kier molecular flexibility index (Phi) is 5.27. The molecule has 1 aromatic heterocycles. The van der Waals surface area contributed by atoms with Crippen LogP contribution in [0.4, 0.5) is 18.9 Å². The van der Waals surface area contributed by atoms with E-state index in [-0.39, 0.29) is 12.5 Å². The Hall–Kier alpha value is -3.13. The van der Waals surface area contributed by atoms with E-state index < -0.39 is 18.4 Å². The van der Waals surface area contributed by atoms with Crippen molar-refractivity contribution in [2.24, 2.45) is 0 Å². The maximum atomic E-state index is 12.3. The lowest BCUT2D eigenvalue weighted by Crippen LogP contribution is -2.16. The molecular weight excluding hydrogens is 363 g/mol. The number of nitrogens with one attached hydrogen (secondary N) is 1. The van der Waals surface area contributed by atoms with E-state index in [0.29, 0.717) is 27.8 Å². The van der Waals surface area contributed by atoms with Crippen LogP contribution in [0.1, 0.15) is 15.9 Å². The number of hydrogen-bond acceptors (Lipinski definition) is 4.